The molecule has 0 spiro atoms. The van der Waals surface area contributed by atoms with Crippen molar-refractivity contribution in [2.45, 2.75) is 19.9 Å². The molecule has 0 amide bonds. The second-order valence-corrected chi connectivity index (χ2v) is 5.67. The molecule has 0 bridgehead atoms. The molecule has 6 nitrogen and oxygen atoms in total. The molecule has 2 aromatic rings. The van der Waals surface area contributed by atoms with Crippen molar-refractivity contribution < 1.29 is 9.90 Å². The van der Waals surface area contributed by atoms with Gasteiger partial charge in [0.1, 0.15) is 0 Å². The molecular formula is C12H12BrClN4O2. The topological polar surface area (TPSA) is 80.9 Å². The van der Waals surface area contributed by atoms with E-state index in [0.29, 0.717) is 23.8 Å². The van der Waals surface area contributed by atoms with Gasteiger partial charge in [0.15, 0.2) is 5.82 Å². The van der Waals surface area contributed by atoms with E-state index in [1.54, 1.807) is 23.7 Å². The number of aromatic nitrogens is 4. The lowest BCUT2D eigenvalue weighted by Gasteiger charge is -2.08. The SMILES string of the molecule is CC(CCn1nnnc1-c1ccc(Cl)cc1Br)C(=O)O. The Hall–Kier alpha value is -1.47. The number of hydrogen-bond donors (Lipinski definition) is 1. The molecule has 0 fully saturated rings. The lowest BCUT2D eigenvalue weighted by molar-refractivity contribution is -0.141. The normalized spacial score (nSPS) is 12.3. The maximum atomic E-state index is 10.8. The largest absolute Gasteiger partial charge is 0.481 e. The van der Waals surface area contributed by atoms with E-state index in [1.165, 1.54) is 0 Å². The molecule has 2 rings (SSSR count). The summed E-state index contributed by atoms with van der Waals surface area (Å²) in [4.78, 5) is 10.8. The fourth-order valence-corrected chi connectivity index (χ4v) is 2.52. The fraction of sp³-hybridized carbons (Fsp3) is 0.333. The predicted octanol–water partition coefficient (Wildman–Crippen LogP) is 2.87. The van der Waals surface area contributed by atoms with Crippen LogP contribution in [0.15, 0.2) is 22.7 Å². The van der Waals surface area contributed by atoms with Crippen LogP contribution < -0.4 is 0 Å². The monoisotopic (exact) mass is 358 g/mol. The van der Waals surface area contributed by atoms with Crippen molar-refractivity contribution in [2.24, 2.45) is 5.92 Å². The van der Waals surface area contributed by atoms with Crippen molar-refractivity contribution in [3.8, 4) is 11.4 Å². The molecule has 0 aliphatic rings. The first-order chi connectivity index (χ1) is 9.49. The van der Waals surface area contributed by atoms with Crippen LogP contribution in [0.5, 0.6) is 0 Å². The van der Waals surface area contributed by atoms with Gasteiger partial charge >= 0.3 is 5.97 Å². The van der Waals surface area contributed by atoms with Crippen LogP contribution in [-0.4, -0.2) is 31.3 Å². The Morgan fingerprint density at radius 3 is 2.95 bits per heavy atom. The summed E-state index contributed by atoms with van der Waals surface area (Å²) in [7, 11) is 0. The second kappa shape index (κ2) is 6.32. The third-order valence-electron chi connectivity index (χ3n) is 2.90. The van der Waals surface area contributed by atoms with E-state index in [4.69, 9.17) is 16.7 Å². The quantitative estimate of drug-likeness (QED) is 0.888. The van der Waals surface area contributed by atoms with E-state index >= 15 is 0 Å². The first kappa shape index (κ1) is 14.9. The van der Waals surface area contributed by atoms with Crippen LogP contribution in [0.25, 0.3) is 11.4 Å². The van der Waals surface area contributed by atoms with Gasteiger partial charge in [-0.3, -0.25) is 4.79 Å². The number of hydrogen-bond acceptors (Lipinski definition) is 4. The average Bonchev–Trinajstić information content (AvgIpc) is 2.84. The zero-order valence-electron chi connectivity index (χ0n) is 10.6. The Morgan fingerprint density at radius 1 is 1.55 bits per heavy atom. The summed E-state index contributed by atoms with van der Waals surface area (Å²) in [6.07, 6.45) is 0.457. The number of carboxylic acids is 1. The van der Waals surface area contributed by atoms with Crippen molar-refractivity contribution in [2.75, 3.05) is 0 Å². The van der Waals surface area contributed by atoms with E-state index < -0.39 is 11.9 Å². The molecule has 1 aromatic carbocycles. The Kier molecular flexibility index (Phi) is 4.72. The van der Waals surface area contributed by atoms with Crippen LogP contribution in [0.3, 0.4) is 0 Å². The lowest BCUT2D eigenvalue weighted by Crippen LogP contribution is -2.14. The molecule has 0 aliphatic heterocycles. The molecule has 1 unspecified atom stereocenters. The first-order valence-electron chi connectivity index (χ1n) is 5.93. The van der Waals surface area contributed by atoms with Gasteiger partial charge in [0.05, 0.1) is 5.92 Å². The maximum absolute atomic E-state index is 10.8. The Morgan fingerprint density at radius 2 is 2.30 bits per heavy atom. The minimum absolute atomic E-state index is 0.435. The van der Waals surface area contributed by atoms with Crippen molar-refractivity contribution in [3.63, 3.8) is 0 Å². The van der Waals surface area contributed by atoms with Crippen LogP contribution in [0.4, 0.5) is 0 Å². The molecule has 0 saturated carbocycles. The smallest absolute Gasteiger partial charge is 0.306 e. The zero-order valence-corrected chi connectivity index (χ0v) is 13.0. The summed E-state index contributed by atoms with van der Waals surface area (Å²) in [6, 6.07) is 5.32. The summed E-state index contributed by atoms with van der Waals surface area (Å²) < 4.78 is 2.38. The van der Waals surface area contributed by atoms with Crippen molar-refractivity contribution in [1.82, 2.24) is 20.2 Å². The number of tetrazole rings is 1. The Balaban J connectivity index is 2.22. The van der Waals surface area contributed by atoms with Crippen LogP contribution in [-0.2, 0) is 11.3 Å². The third kappa shape index (κ3) is 3.34. The molecule has 0 saturated heterocycles. The molecule has 0 radical (unpaired) electrons. The maximum Gasteiger partial charge on any atom is 0.306 e. The van der Waals surface area contributed by atoms with E-state index in [0.717, 1.165) is 10.0 Å². The summed E-state index contributed by atoms with van der Waals surface area (Å²) in [5.74, 6) is -0.695. The van der Waals surface area contributed by atoms with Gasteiger partial charge in [0.25, 0.3) is 0 Å². The highest BCUT2D eigenvalue weighted by Crippen LogP contribution is 2.29. The van der Waals surface area contributed by atoms with Gasteiger partial charge in [-0.25, -0.2) is 4.68 Å². The van der Waals surface area contributed by atoms with Crippen LogP contribution in [0.1, 0.15) is 13.3 Å². The number of aliphatic carboxylic acids is 1. The van der Waals surface area contributed by atoms with Gasteiger partial charge in [-0.1, -0.05) is 18.5 Å². The summed E-state index contributed by atoms with van der Waals surface area (Å²) in [5.41, 5.74) is 0.808. The number of nitrogens with zero attached hydrogens (tertiary/aromatic N) is 4. The van der Waals surface area contributed by atoms with E-state index in [2.05, 4.69) is 31.5 Å². The number of carbonyl (C=O) groups is 1. The minimum atomic E-state index is -0.827. The molecule has 20 heavy (non-hydrogen) atoms. The molecule has 1 atom stereocenters. The molecule has 1 aromatic heterocycles. The number of aryl methyl sites for hydroxylation is 1. The summed E-state index contributed by atoms with van der Waals surface area (Å²) in [5, 5.41) is 21.0. The molecule has 1 N–H and O–H groups in total. The van der Waals surface area contributed by atoms with Gasteiger partial charge in [-0.05, 0) is 51.0 Å². The molecule has 106 valence electrons. The Labute approximate surface area is 128 Å². The number of benzene rings is 1. The van der Waals surface area contributed by atoms with E-state index in [1.807, 2.05) is 6.07 Å². The molecule has 8 heteroatoms. The zero-order chi connectivity index (χ0) is 14.7. The standard InChI is InChI=1S/C12H12BrClN4O2/c1-7(12(19)20)4-5-18-11(15-16-17-18)9-3-2-8(14)6-10(9)13/h2-3,6-7H,4-5H2,1H3,(H,19,20). The van der Waals surface area contributed by atoms with Gasteiger partial charge in [0.2, 0.25) is 0 Å². The lowest BCUT2D eigenvalue weighted by atomic mass is 10.1. The number of carboxylic acid groups (broad SMARTS) is 1. The number of rotatable bonds is 5. The summed E-state index contributed by atoms with van der Waals surface area (Å²) in [6.45, 7) is 2.09. The van der Waals surface area contributed by atoms with Gasteiger partial charge in [-0.15, -0.1) is 5.10 Å². The number of halogens is 2. The highest BCUT2D eigenvalue weighted by molar-refractivity contribution is 9.10. The van der Waals surface area contributed by atoms with Gasteiger partial charge < -0.3 is 5.11 Å². The molecule has 1 heterocycles. The predicted molar refractivity (Wildman–Crippen MR) is 77.4 cm³/mol. The van der Waals surface area contributed by atoms with Crippen molar-refractivity contribution in [3.05, 3.63) is 27.7 Å². The minimum Gasteiger partial charge on any atom is -0.481 e. The van der Waals surface area contributed by atoms with Crippen molar-refractivity contribution >= 4 is 33.5 Å². The van der Waals surface area contributed by atoms with E-state index in [-0.39, 0.29) is 0 Å². The third-order valence-corrected chi connectivity index (χ3v) is 3.79. The molecular weight excluding hydrogens is 348 g/mol. The van der Waals surface area contributed by atoms with Crippen LogP contribution >= 0.6 is 27.5 Å². The van der Waals surface area contributed by atoms with Gasteiger partial charge in [-0.2, -0.15) is 0 Å². The Bertz CT molecular complexity index is 632. The molecule has 0 aliphatic carbocycles. The highest BCUT2D eigenvalue weighted by Gasteiger charge is 2.15. The fourth-order valence-electron chi connectivity index (χ4n) is 1.66. The second-order valence-electron chi connectivity index (χ2n) is 4.38. The van der Waals surface area contributed by atoms with Gasteiger partial charge in [0, 0.05) is 21.6 Å². The van der Waals surface area contributed by atoms with Crippen LogP contribution in [0.2, 0.25) is 5.02 Å². The van der Waals surface area contributed by atoms with E-state index in [9.17, 15) is 4.79 Å². The van der Waals surface area contributed by atoms with Crippen LogP contribution in [0, 0.1) is 5.92 Å². The first-order valence-corrected chi connectivity index (χ1v) is 7.10. The van der Waals surface area contributed by atoms with Crippen molar-refractivity contribution in [1.29, 1.82) is 0 Å². The highest BCUT2D eigenvalue weighted by atomic mass is 79.9. The summed E-state index contributed by atoms with van der Waals surface area (Å²) >= 11 is 9.32. The average molecular weight is 360 g/mol.